The van der Waals surface area contributed by atoms with Crippen molar-refractivity contribution in [2.75, 3.05) is 0 Å². The third-order valence-corrected chi connectivity index (χ3v) is 0. The molecule has 0 spiro atoms. The van der Waals surface area contributed by atoms with Crippen molar-refractivity contribution in [2.45, 2.75) is 0 Å². The van der Waals surface area contributed by atoms with Gasteiger partial charge in [0.2, 0.25) is 0 Å². The summed E-state index contributed by atoms with van der Waals surface area (Å²) >= 11 is 0.382. The summed E-state index contributed by atoms with van der Waals surface area (Å²) in [5, 5.41) is 0. The van der Waals surface area contributed by atoms with Gasteiger partial charge in [-0.1, -0.05) is 0 Å². The van der Waals surface area contributed by atoms with Crippen LogP contribution in [-0.2, 0) is 29.4 Å². The molecular weight excluding hydrogens is 203 g/mol. The van der Waals surface area contributed by atoms with Crippen LogP contribution in [0.1, 0.15) is 0 Å². The van der Waals surface area contributed by atoms with Gasteiger partial charge in [0.15, 0.2) is 0 Å². The Kier molecular flexibility index (Phi) is 56.7. The second-order valence-corrected chi connectivity index (χ2v) is 1.77. The van der Waals surface area contributed by atoms with Crippen molar-refractivity contribution in [3.63, 3.8) is 0 Å². The van der Waals surface area contributed by atoms with Crippen LogP contribution in [0, 0.1) is 0 Å². The smallest absolute Gasteiger partial charge is 0 e. The van der Waals surface area contributed by atoms with E-state index in [0.29, 0.717) is 12.9 Å². The molecule has 5 heavy (non-hydrogen) atoms. The Balaban J connectivity index is -0.0000000200. The van der Waals surface area contributed by atoms with Gasteiger partial charge in [-0.2, -0.15) is 0 Å². The zero-order valence-corrected chi connectivity index (χ0v) is 5.65. The van der Waals surface area contributed by atoms with E-state index in [0.717, 1.165) is 0 Å². The van der Waals surface area contributed by atoms with Gasteiger partial charge >= 0.3 is 33.2 Å². The molecule has 0 saturated carbocycles. The Labute approximate surface area is 55.8 Å². The summed E-state index contributed by atoms with van der Waals surface area (Å²) < 4.78 is 0. The van der Waals surface area contributed by atoms with E-state index >= 15 is 0 Å². The number of halogens is 2. The van der Waals surface area contributed by atoms with Crippen LogP contribution in [0.4, 0.5) is 0 Å². The molecule has 0 unspecified atom stereocenters. The molecule has 0 rings (SSSR count). The third-order valence-electron chi connectivity index (χ3n) is 0. The minimum atomic E-state index is 0. The molecule has 0 atom stereocenters. The normalized spacial score (nSPS) is 4.40. The van der Waals surface area contributed by atoms with Crippen LogP contribution in [0.15, 0.2) is 0 Å². The molecule has 0 radical (unpaired) electrons. The molecule has 0 saturated heterocycles. The van der Waals surface area contributed by atoms with Crippen molar-refractivity contribution < 1.29 is 29.4 Å². The van der Waals surface area contributed by atoms with Crippen molar-refractivity contribution in [3.05, 3.63) is 0 Å². The van der Waals surface area contributed by atoms with Crippen molar-refractivity contribution in [3.8, 4) is 0 Å². The summed E-state index contributed by atoms with van der Waals surface area (Å²) in [5.74, 6) is 0. The van der Waals surface area contributed by atoms with E-state index in [-0.39, 0.29) is 22.6 Å². The van der Waals surface area contributed by atoms with Crippen molar-refractivity contribution >= 4 is 20.3 Å². The third kappa shape index (κ3) is 29.3. The summed E-state index contributed by atoms with van der Waals surface area (Å²) in [7, 11) is 9.47. The average Bonchev–Trinajstić information content (AvgIpc) is 0.918. The van der Waals surface area contributed by atoms with E-state index in [9.17, 15) is 0 Å². The van der Waals surface area contributed by atoms with Crippen LogP contribution in [0.2, 0.25) is 0 Å². The topological polar surface area (TPSA) is 35.0 Å². The predicted octanol–water partition coefficient (Wildman–Crippen LogP) is 1.54. The molecule has 0 aromatic carbocycles. The number of hydrogen-bond acceptors (Lipinski definition) is 1. The van der Waals surface area contributed by atoms with Crippen LogP contribution < -0.4 is 6.15 Å². The Morgan fingerprint density at radius 3 is 1.20 bits per heavy atom. The fourth-order valence-electron chi connectivity index (χ4n) is 0. The quantitative estimate of drug-likeness (QED) is 0.598. The van der Waals surface area contributed by atoms with Crippen molar-refractivity contribution in [2.24, 2.45) is 0 Å². The van der Waals surface area contributed by atoms with Crippen molar-refractivity contribution in [1.29, 1.82) is 0 Å². The number of hydrogen-bond donors (Lipinski definition) is 1. The first kappa shape index (κ1) is 16.0. The maximum Gasteiger partial charge on any atom is 0 e. The van der Waals surface area contributed by atoms with Crippen LogP contribution >= 0.6 is 20.3 Å². The molecule has 0 aliphatic rings. The summed E-state index contributed by atoms with van der Waals surface area (Å²) in [6.45, 7) is 0. The van der Waals surface area contributed by atoms with Crippen LogP contribution in [-0.4, -0.2) is 0 Å². The summed E-state index contributed by atoms with van der Waals surface area (Å²) in [6, 6.07) is 0. The van der Waals surface area contributed by atoms with Crippen molar-refractivity contribution in [1.82, 2.24) is 6.15 Å². The van der Waals surface area contributed by atoms with Gasteiger partial charge < -0.3 is 6.15 Å². The van der Waals surface area contributed by atoms with Crippen LogP contribution in [0.5, 0.6) is 0 Å². The van der Waals surface area contributed by atoms with E-state index in [1.807, 2.05) is 0 Å². The molecule has 0 aliphatic carbocycles. The Morgan fingerprint density at radius 1 is 1.20 bits per heavy atom. The Hall–Kier alpha value is 1.54. The molecule has 0 amide bonds. The van der Waals surface area contributed by atoms with E-state index in [1.165, 1.54) is 0 Å². The molecule has 0 bridgehead atoms. The molecule has 0 aromatic heterocycles. The van der Waals surface area contributed by atoms with Gasteiger partial charge in [-0.05, 0) is 0 Å². The first-order valence-electron chi connectivity index (χ1n) is 0.252. The van der Waals surface area contributed by atoms with Gasteiger partial charge in [0.05, 0.1) is 0 Å². The first-order chi connectivity index (χ1) is 1.41. The molecule has 0 fully saturated rings. The molecule has 41 valence electrons. The minimum Gasteiger partial charge on any atom is 0 e. The molecule has 0 aliphatic heterocycles. The molecule has 0 aromatic rings. The summed E-state index contributed by atoms with van der Waals surface area (Å²) in [6.07, 6.45) is 0. The van der Waals surface area contributed by atoms with E-state index in [2.05, 4.69) is 0 Å². The van der Waals surface area contributed by atoms with E-state index < -0.39 is 0 Å². The van der Waals surface area contributed by atoms with Crippen LogP contribution in [0.25, 0.3) is 0 Å². The maximum atomic E-state index is 4.73. The van der Waals surface area contributed by atoms with Gasteiger partial charge in [0, 0.05) is 16.5 Å². The molecule has 5 heteroatoms. The Bertz CT molecular complexity index is 9.61. The average molecular weight is 206 g/mol. The molecule has 1 nitrogen and oxygen atoms in total. The van der Waals surface area contributed by atoms with Crippen LogP contribution in [0.3, 0.4) is 0 Å². The fourth-order valence-corrected chi connectivity index (χ4v) is 0. The van der Waals surface area contributed by atoms with E-state index in [1.54, 1.807) is 0 Å². The predicted molar refractivity (Wildman–Crippen MR) is 16.7 cm³/mol. The van der Waals surface area contributed by atoms with Gasteiger partial charge in [-0.25, -0.2) is 0 Å². The molecular formula is H3Cl2CoNNi. The monoisotopic (exact) mass is 204 g/mol. The molecule has 3 N–H and O–H groups in total. The SMILES string of the molecule is N.[Cl][Co][Cl].[Ni]. The maximum absolute atomic E-state index is 4.73. The van der Waals surface area contributed by atoms with Gasteiger partial charge in [-0.15, -0.1) is 0 Å². The van der Waals surface area contributed by atoms with Gasteiger partial charge in [0.25, 0.3) is 0 Å². The zero-order chi connectivity index (χ0) is 2.71. The Morgan fingerprint density at radius 2 is 1.20 bits per heavy atom. The second-order valence-electron chi connectivity index (χ2n) is 0.0476. The fraction of sp³-hybridized carbons (Fsp3) is 0. The van der Waals surface area contributed by atoms with E-state index in [4.69, 9.17) is 20.3 Å². The zero-order valence-electron chi connectivity index (χ0n) is 2.11. The molecule has 0 heterocycles. The largest absolute Gasteiger partial charge is 0 e. The summed E-state index contributed by atoms with van der Waals surface area (Å²) in [5.41, 5.74) is 0. The first-order valence-corrected chi connectivity index (χ1v) is 3.12. The van der Waals surface area contributed by atoms with Gasteiger partial charge in [0.1, 0.15) is 0 Å². The van der Waals surface area contributed by atoms with Gasteiger partial charge in [-0.3, -0.25) is 0 Å². The second kappa shape index (κ2) is 17.7. The summed E-state index contributed by atoms with van der Waals surface area (Å²) in [4.78, 5) is 0. The minimum absolute atomic E-state index is 0. The number of rotatable bonds is 0. The standard InChI is InChI=1S/2ClH.Co.H3N.Ni/h2*1H;;1H3;/q;;+2;;/p-2.